The minimum Gasteiger partial charge on any atom is -0.358 e. The van der Waals surface area contributed by atoms with Crippen LogP contribution in [-0.2, 0) is 4.79 Å². The molecule has 1 fully saturated rings. The fourth-order valence-electron chi connectivity index (χ4n) is 3.91. The number of carbonyl (C=O) groups excluding carboxylic acids is 1. The van der Waals surface area contributed by atoms with Crippen LogP contribution in [0.15, 0.2) is 12.7 Å². The Hall–Kier alpha value is -0.670. The fraction of sp³-hybridized carbons (Fsp3) is 0.864. The number of carbonyl (C=O) groups is 1. The van der Waals surface area contributed by atoms with Crippen molar-refractivity contribution in [3.63, 3.8) is 0 Å². The molecule has 25 heavy (non-hydrogen) atoms. The number of hydrogen-bond acceptors (Lipinski definition) is 2. The van der Waals surface area contributed by atoms with Gasteiger partial charge in [-0.25, -0.2) is 0 Å². The van der Waals surface area contributed by atoms with E-state index >= 15 is 0 Å². The smallest absolute Gasteiger partial charge is 0.158 e. The summed E-state index contributed by atoms with van der Waals surface area (Å²) in [5.74, 6) is 0.859. The predicted molar refractivity (Wildman–Crippen MR) is 107 cm³/mol. The highest BCUT2D eigenvalue weighted by Crippen LogP contribution is 2.51. The zero-order chi connectivity index (χ0) is 19.1. The summed E-state index contributed by atoms with van der Waals surface area (Å²) in [6.45, 7) is 15.3. The standard InChI is InChI=1S/C22H42N2O/c1-7-21(5,6)24-22(19(25)20(2,3)4)17-18(22)15-13-11-9-8-10-12-14-16-23/h7,18,24H,1,8-17,23H2,2-6H3/p+1. The van der Waals surface area contributed by atoms with E-state index in [0.29, 0.717) is 11.7 Å². The van der Waals surface area contributed by atoms with Gasteiger partial charge in [0.05, 0.1) is 12.1 Å². The number of Topliss-reactive ketones (excluding diaryl/α,β-unsaturated/α-hetero) is 1. The second kappa shape index (κ2) is 9.32. The molecule has 3 heteroatoms. The van der Waals surface area contributed by atoms with Crippen LogP contribution in [0.2, 0.25) is 0 Å². The average molecular weight is 352 g/mol. The van der Waals surface area contributed by atoms with Crippen LogP contribution >= 0.6 is 0 Å². The molecule has 1 rings (SSSR count). The van der Waals surface area contributed by atoms with Crippen molar-refractivity contribution in [3.05, 3.63) is 12.7 Å². The Morgan fingerprint density at radius 3 is 2.08 bits per heavy atom. The average Bonchev–Trinajstić information content (AvgIpc) is 3.21. The fourth-order valence-corrected chi connectivity index (χ4v) is 3.91. The van der Waals surface area contributed by atoms with Crippen molar-refractivity contribution in [2.24, 2.45) is 11.3 Å². The predicted octanol–water partition coefficient (Wildman–Crippen LogP) is 4.28. The molecule has 0 heterocycles. The first-order valence-corrected chi connectivity index (χ1v) is 10.4. The van der Waals surface area contributed by atoms with Gasteiger partial charge >= 0.3 is 0 Å². The molecule has 0 amide bonds. The van der Waals surface area contributed by atoms with Crippen molar-refractivity contribution >= 4 is 5.78 Å². The Morgan fingerprint density at radius 1 is 1.08 bits per heavy atom. The van der Waals surface area contributed by atoms with E-state index in [-0.39, 0.29) is 16.5 Å². The summed E-state index contributed by atoms with van der Waals surface area (Å²) in [6.07, 6.45) is 13.2. The van der Waals surface area contributed by atoms with Crippen molar-refractivity contribution in [1.82, 2.24) is 5.32 Å². The van der Waals surface area contributed by atoms with Gasteiger partial charge in [0.2, 0.25) is 0 Å². The lowest BCUT2D eigenvalue weighted by atomic mass is 9.82. The van der Waals surface area contributed by atoms with Gasteiger partial charge in [0, 0.05) is 11.0 Å². The van der Waals surface area contributed by atoms with Gasteiger partial charge in [-0.1, -0.05) is 59.0 Å². The maximum atomic E-state index is 13.1. The molecule has 0 aromatic rings. The van der Waals surface area contributed by atoms with Gasteiger partial charge in [0.1, 0.15) is 0 Å². The third-order valence-corrected chi connectivity index (χ3v) is 5.55. The van der Waals surface area contributed by atoms with Crippen molar-refractivity contribution in [2.45, 2.75) is 103 Å². The summed E-state index contributed by atoms with van der Waals surface area (Å²) in [5, 5.41) is 3.65. The molecular formula is C22H43N2O+. The first-order valence-electron chi connectivity index (χ1n) is 10.4. The Morgan fingerprint density at radius 2 is 1.60 bits per heavy atom. The number of nitrogens with one attached hydrogen (secondary N) is 1. The van der Waals surface area contributed by atoms with Crippen LogP contribution in [0.25, 0.3) is 0 Å². The van der Waals surface area contributed by atoms with Crippen molar-refractivity contribution in [2.75, 3.05) is 6.54 Å². The van der Waals surface area contributed by atoms with Crippen molar-refractivity contribution in [3.8, 4) is 0 Å². The lowest BCUT2D eigenvalue weighted by molar-refractivity contribution is -0.368. The van der Waals surface area contributed by atoms with E-state index in [1.165, 1.54) is 51.4 Å². The number of ketones is 1. The monoisotopic (exact) mass is 351 g/mol. The van der Waals surface area contributed by atoms with E-state index in [4.69, 9.17) is 0 Å². The summed E-state index contributed by atoms with van der Waals surface area (Å²) < 4.78 is 0. The summed E-state index contributed by atoms with van der Waals surface area (Å²) in [4.78, 5) is 13.1. The van der Waals surface area contributed by atoms with Crippen molar-refractivity contribution < 1.29 is 10.5 Å². The molecular weight excluding hydrogens is 308 g/mol. The Kier molecular flexibility index (Phi) is 8.34. The molecule has 0 saturated heterocycles. The molecule has 3 nitrogen and oxygen atoms in total. The minimum atomic E-state index is -0.329. The van der Waals surface area contributed by atoms with E-state index in [0.717, 1.165) is 13.0 Å². The molecule has 1 aliphatic rings. The molecule has 1 saturated carbocycles. The van der Waals surface area contributed by atoms with Gasteiger partial charge in [-0.3, -0.25) is 10.1 Å². The van der Waals surface area contributed by atoms with Gasteiger partial charge in [-0.15, -0.1) is 6.58 Å². The van der Waals surface area contributed by atoms with Crippen LogP contribution in [0.4, 0.5) is 0 Å². The van der Waals surface area contributed by atoms with E-state index in [1.807, 2.05) is 26.8 Å². The number of rotatable bonds is 13. The third-order valence-electron chi connectivity index (χ3n) is 5.55. The largest absolute Gasteiger partial charge is 0.358 e. The molecule has 0 bridgehead atoms. The summed E-state index contributed by atoms with van der Waals surface area (Å²) in [6, 6.07) is 0. The maximum Gasteiger partial charge on any atom is 0.158 e. The van der Waals surface area contributed by atoms with Crippen molar-refractivity contribution in [1.29, 1.82) is 0 Å². The molecule has 0 aromatic carbocycles. The van der Waals surface area contributed by atoms with Gasteiger partial charge < -0.3 is 5.73 Å². The summed E-state index contributed by atoms with van der Waals surface area (Å²) in [5.41, 5.74) is 3.06. The topological polar surface area (TPSA) is 56.7 Å². The lowest BCUT2D eigenvalue weighted by Crippen LogP contribution is -2.54. The Bertz CT molecular complexity index is 436. The quantitative estimate of drug-likeness (QED) is 0.384. The van der Waals surface area contributed by atoms with Crippen LogP contribution in [-0.4, -0.2) is 23.4 Å². The van der Waals surface area contributed by atoms with Crippen LogP contribution in [0.5, 0.6) is 0 Å². The first-order chi connectivity index (χ1) is 11.6. The second-order valence-electron chi connectivity index (χ2n) is 9.62. The molecule has 1 aliphatic carbocycles. The molecule has 0 aromatic heterocycles. The Labute approximate surface area is 156 Å². The van der Waals surface area contributed by atoms with E-state index in [1.54, 1.807) is 0 Å². The van der Waals surface area contributed by atoms with Gasteiger partial charge in [0.25, 0.3) is 0 Å². The highest BCUT2D eigenvalue weighted by molar-refractivity contribution is 5.96. The molecule has 0 radical (unpaired) electrons. The molecule has 4 N–H and O–H groups in total. The molecule has 0 aliphatic heterocycles. The minimum absolute atomic E-state index is 0.205. The lowest BCUT2D eigenvalue weighted by Gasteiger charge is -2.33. The normalized spacial score (nSPS) is 23.5. The summed E-state index contributed by atoms with van der Waals surface area (Å²) >= 11 is 0. The highest BCUT2D eigenvalue weighted by Gasteiger charge is 2.62. The SMILES string of the molecule is C=CC(C)(C)NC1(C(=O)C(C)(C)C)CC1CCCCCCCCC[NH3+]. The van der Waals surface area contributed by atoms with E-state index in [9.17, 15) is 4.79 Å². The first kappa shape index (κ1) is 22.4. The van der Waals surface area contributed by atoms with Crippen LogP contribution in [0.3, 0.4) is 0 Å². The molecule has 2 unspecified atom stereocenters. The Balaban J connectivity index is 2.46. The zero-order valence-corrected chi connectivity index (χ0v) is 17.5. The van der Waals surface area contributed by atoms with E-state index < -0.39 is 0 Å². The second-order valence-corrected chi connectivity index (χ2v) is 9.62. The van der Waals surface area contributed by atoms with Gasteiger partial charge in [-0.05, 0) is 45.4 Å². The number of quaternary nitrogens is 1. The van der Waals surface area contributed by atoms with Gasteiger partial charge in [-0.2, -0.15) is 0 Å². The van der Waals surface area contributed by atoms with Crippen LogP contribution < -0.4 is 11.1 Å². The zero-order valence-electron chi connectivity index (χ0n) is 17.5. The molecule has 2 atom stereocenters. The van der Waals surface area contributed by atoms with E-state index in [2.05, 4.69) is 31.5 Å². The van der Waals surface area contributed by atoms with Crippen LogP contribution in [0.1, 0.15) is 92.4 Å². The van der Waals surface area contributed by atoms with Gasteiger partial charge in [0.15, 0.2) is 5.78 Å². The molecule has 146 valence electrons. The molecule has 0 spiro atoms. The number of hydrogen-bond donors (Lipinski definition) is 2. The summed E-state index contributed by atoms with van der Waals surface area (Å²) in [7, 11) is 0. The number of unbranched alkanes of at least 4 members (excludes halogenated alkanes) is 6. The van der Waals surface area contributed by atoms with Crippen LogP contribution in [0, 0.1) is 11.3 Å². The third kappa shape index (κ3) is 6.86. The highest BCUT2D eigenvalue weighted by atomic mass is 16.1. The maximum absolute atomic E-state index is 13.1.